The minimum absolute atomic E-state index is 0.143. The fourth-order valence-electron chi connectivity index (χ4n) is 2.25. The average molecular weight is 249 g/mol. The highest BCUT2D eigenvalue weighted by Gasteiger charge is 2.39. The molecule has 0 aromatic carbocycles. The first kappa shape index (κ1) is 16.4. The first-order chi connectivity index (χ1) is 8.47. The zero-order valence-corrected chi connectivity index (χ0v) is 11.9. The number of rotatable bonds is 7. The Morgan fingerprint density at radius 1 is 1.28 bits per heavy atom. The highest BCUT2D eigenvalue weighted by Crippen LogP contribution is 2.31. The Bertz CT molecular complexity index is 345. The molecule has 0 spiro atoms. The van der Waals surface area contributed by atoms with E-state index >= 15 is 0 Å². The van der Waals surface area contributed by atoms with Gasteiger partial charge >= 0.3 is 0 Å². The lowest BCUT2D eigenvalue weighted by atomic mass is 9.79. The molecule has 1 atom stereocenters. The van der Waals surface area contributed by atoms with E-state index < -0.39 is 5.41 Å². The van der Waals surface area contributed by atoms with Crippen molar-refractivity contribution < 1.29 is 4.79 Å². The predicted octanol–water partition coefficient (Wildman–Crippen LogP) is 2.71. The molecule has 0 fully saturated rings. The van der Waals surface area contributed by atoms with Crippen molar-refractivity contribution in [3.8, 4) is 12.1 Å². The zero-order valence-electron chi connectivity index (χ0n) is 11.9. The molecule has 0 aliphatic heterocycles. The van der Waals surface area contributed by atoms with Crippen LogP contribution in [0.5, 0.6) is 0 Å². The first-order valence-electron chi connectivity index (χ1n) is 6.53. The van der Waals surface area contributed by atoms with E-state index in [1.165, 1.54) is 4.90 Å². The minimum atomic E-state index is -0.909. The van der Waals surface area contributed by atoms with Crippen molar-refractivity contribution in [2.45, 2.75) is 46.5 Å². The highest BCUT2D eigenvalue weighted by molar-refractivity contribution is 5.85. The van der Waals surface area contributed by atoms with Gasteiger partial charge in [-0.25, -0.2) is 0 Å². The van der Waals surface area contributed by atoms with Crippen LogP contribution in [0.2, 0.25) is 0 Å². The Labute approximate surface area is 110 Å². The molecule has 4 heteroatoms. The number of amides is 1. The van der Waals surface area contributed by atoms with E-state index in [0.717, 1.165) is 12.8 Å². The predicted molar refractivity (Wildman–Crippen MR) is 70.3 cm³/mol. The quantitative estimate of drug-likeness (QED) is 0.696. The van der Waals surface area contributed by atoms with Crippen LogP contribution in [-0.4, -0.2) is 24.4 Å². The number of nitrogens with zero attached hydrogens (tertiary/aromatic N) is 3. The van der Waals surface area contributed by atoms with Crippen molar-refractivity contribution in [3.63, 3.8) is 0 Å². The lowest BCUT2D eigenvalue weighted by Crippen LogP contribution is -2.42. The molecule has 0 N–H and O–H groups in total. The van der Waals surface area contributed by atoms with Crippen LogP contribution in [0, 0.1) is 34.0 Å². The molecule has 18 heavy (non-hydrogen) atoms. The second-order valence-corrected chi connectivity index (χ2v) is 4.91. The molecule has 0 radical (unpaired) electrons. The lowest BCUT2D eigenvalue weighted by molar-refractivity contribution is -0.138. The molecule has 0 aliphatic carbocycles. The molecule has 0 saturated carbocycles. The summed E-state index contributed by atoms with van der Waals surface area (Å²) >= 11 is 0. The van der Waals surface area contributed by atoms with E-state index in [1.807, 2.05) is 13.8 Å². The minimum Gasteiger partial charge on any atom is -0.343 e. The van der Waals surface area contributed by atoms with Crippen LogP contribution in [0.25, 0.3) is 0 Å². The zero-order chi connectivity index (χ0) is 14.2. The second-order valence-electron chi connectivity index (χ2n) is 4.91. The molecule has 0 rings (SSSR count). The van der Waals surface area contributed by atoms with Gasteiger partial charge < -0.3 is 4.90 Å². The fraction of sp³-hybridized carbons (Fsp3) is 0.786. The van der Waals surface area contributed by atoms with Crippen LogP contribution in [-0.2, 0) is 4.79 Å². The van der Waals surface area contributed by atoms with Crippen LogP contribution in [0.15, 0.2) is 0 Å². The van der Waals surface area contributed by atoms with Gasteiger partial charge in [-0.05, 0) is 19.8 Å². The molecule has 4 nitrogen and oxygen atoms in total. The van der Waals surface area contributed by atoms with E-state index in [2.05, 4.69) is 12.1 Å². The van der Waals surface area contributed by atoms with Gasteiger partial charge in [-0.3, -0.25) is 4.79 Å². The number of nitriles is 2. The summed E-state index contributed by atoms with van der Waals surface area (Å²) in [5.41, 5.74) is -0.909. The van der Waals surface area contributed by atoms with Crippen LogP contribution in [0.4, 0.5) is 0 Å². The number of hydrogen-bond acceptors (Lipinski definition) is 3. The highest BCUT2D eigenvalue weighted by atomic mass is 16.2. The van der Waals surface area contributed by atoms with Gasteiger partial charge in [0.1, 0.15) is 5.41 Å². The number of carbonyl (C=O) groups excluding carboxylic acids is 1. The third-order valence-electron chi connectivity index (χ3n) is 3.09. The van der Waals surface area contributed by atoms with Crippen molar-refractivity contribution >= 4 is 5.91 Å². The summed E-state index contributed by atoms with van der Waals surface area (Å²) in [7, 11) is 1.67. The summed E-state index contributed by atoms with van der Waals surface area (Å²) in [6.45, 7) is 6.11. The Hall–Kier alpha value is -1.55. The van der Waals surface area contributed by atoms with Crippen LogP contribution in [0.1, 0.15) is 46.5 Å². The van der Waals surface area contributed by atoms with Gasteiger partial charge in [0.2, 0.25) is 5.91 Å². The largest absolute Gasteiger partial charge is 0.343 e. The van der Waals surface area contributed by atoms with Crippen molar-refractivity contribution in [3.05, 3.63) is 0 Å². The molecular formula is C14H23N3O. The summed E-state index contributed by atoms with van der Waals surface area (Å²) in [5.74, 6) is -0.352. The second kappa shape index (κ2) is 7.71. The maximum atomic E-state index is 12.4. The van der Waals surface area contributed by atoms with Crippen molar-refractivity contribution in [1.82, 2.24) is 4.90 Å². The molecule has 0 saturated heterocycles. The molecule has 0 heterocycles. The number of carbonyl (C=O) groups is 1. The van der Waals surface area contributed by atoms with Gasteiger partial charge in [-0.15, -0.1) is 0 Å². The van der Waals surface area contributed by atoms with E-state index in [4.69, 9.17) is 5.26 Å². The normalized spacial score (nSPS) is 12.3. The molecular weight excluding hydrogens is 226 g/mol. The maximum absolute atomic E-state index is 12.4. The van der Waals surface area contributed by atoms with E-state index in [0.29, 0.717) is 19.4 Å². The monoisotopic (exact) mass is 249 g/mol. The van der Waals surface area contributed by atoms with E-state index in [-0.39, 0.29) is 11.8 Å². The van der Waals surface area contributed by atoms with Gasteiger partial charge in [0, 0.05) is 13.6 Å². The Balaban J connectivity index is 4.97. The molecule has 1 unspecified atom stereocenters. The molecule has 0 bridgehead atoms. The smallest absolute Gasteiger partial charge is 0.242 e. The summed E-state index contributed by atoms with van der Waals surface area (Å²) in [4.78, 5) is 14.0. The molecule has 0 aromatic heterocycles. The van der Waals surface area contributed by atoms with Gasteiger partial charge in [-0.1, -0.05) is 26.7 Å². The van der Waals surface area contributed by atoms with E-state index in [1.54, 1.807) is 14.0 Å². The van der Waals surface area contributed by atoms with Crippen molar-refractivity contribution in [1.29, 1.82) is 10.5 Å². The summed E-state index contributed by atoms with van der Waals surface area (Å²) < 4.78 is 0. The summed E-state index contributed by atoms with van der Waals surface area (Å²) in [6, 6.07) is 4.32. The Morgan fingerprint density at radius 3 is 2.11 bits per heavy atom. The summed E-state index contributed by atoms with van der Waals surface area (Å²) in [6.07, 6.45) is 2.78. The third-order valence-corrected chi connectivity index (χ3v) is 3.09. The van der Waals surface area contributed by atoms with Crippen molar-refractivity contribution in [2.75, 3.05) is 13.6 Å². The molecule has 0 aromatic rings. The van der Waals surface area contributed by atoms with Gasteiger partial charge in [0.05, 0.1) is 18.1 Å². The first-order valence-corrected chi connectivity index (χ1v) is 6.53. The topological polar surface area (TPSA) is 67.9 Å². The molecule has 100 valence electrons. The van der Waals surface area contributed by atoms with E-state index in [9.17, 15) is 10.1 Å². The Morgan fingerprint density at radius 2 is 1.78 bits per heavy atom. The van der Waals surface area contributed by atoms with Crippen molar-refractivity contribution in [2.24, 2.45) is 11.3 Å². The summed E-state index contributed by atoms with van der Waals surface area (Å²) in [5, 5.41) is 18.2. The van der Waals surface area contributed by atoms with Gasteiger partial charge in [-0.2, -0.15) is 10.5 Å². The van der Waals surface area contributed by atoms with Crippen LogP contribution >= 0.6 is 0 Å². The maximum Gasteiger partial charge on any atom is 0.242 e. The van der Waals surface area contributed by atoms with Gasteiger partial charge in [0.15, 0.2) is 0 Å². The van der Waals surface area contributed by atoms with Crippen LogP contribution < -0.4 is 0 Å². The third kappa shape index (κ3) is 4.04. The fourth-order valence-corrected chi connectivity index (χ4v) is 2.25. The van der Waals surface area contributed by atoms with Crippen LogP contribution in [0.3, 0.4) is 0 Å². The SMILES string of the molecule is CCCC(C#N)(CCC)C(=O)N(C)CC(C)C#N. The molecule has 1 amide bonds. The van der Waals surface area contributed by atoms with Gasteiger partial charge in [0.25, 0.3) is 0 Å². The Kier molecular flexibility index (Phi) is 7.05. The number of hydrogen-bond donors (Lipinski definition) is 0. The standard InChI is InChI=1S/C14H23N3O/c1-5-7-14(11-16,8-6-2)13(18)17(4)10-12(3)9-15/h12H,5-8,10H2,1-4H3. The molecule has 0 aliphatic rings. The average Bonchev–Trinajstić information content (AvgIpc) is 2.37. The lowest BCUT2D eigenvalue weighted by Gasteiger charge is -2.30.